The van der Waals surface area contributed by atoms with E-state index in [2.05, 4.69) is 50.2 Å². The van der Waals surface area contributed by atoms with Crippen LogP contribution in [0.2, 0.25) is 5.02 Å². The van der Waals surface area contributed by atoms with Gasteiger partial charge in [-0.15, -0.1) is 0 Å². The molecule has 0 saturated carbocycles. The van der Waals surface area contributed by atoms with E-state index >= 15 is 0 Å². The van der Waals surface area contributed by atoms with Crippen LogP contribution in [-0.4, -0.2) is 30.9 Å². The molecule has 1 unspecified atom stereocenters. The lowest BCUT2D eigenvalue weighted by atomic mass is 9.87. The van der Waals surface area contributed by atoms with Crippen molar-refractivity contribution < 1.29 is 4.79 Å². The molecule has 1 aliphatic heterocycles. The Kier molecular flexibility index (Phi) is 10.4. The lowest BCUT2D eigenvalue weighted by Crippen LogP contribution is -2.34. The number of nitrogens with zero attached hydrogens (tertiary/aromatic N) is 1. The molecule has 0 radical (unpaired) electrons. The molecule has 1 heterocycles. The number of halogens is 1. The van der Waals surface area contributed by atoms with Crippen molar-refractivity contribution in [1.82, 2.24) is 10.2 Å². The van der Waals surface area contributed by atoms with Gasteiger partial charge in [0.15, 0.2) is 0 Å². The molecule has 164 valence electrons. The molecular weight excluding hydrogens is 392 g/mol. The van der Waals surface area contributed by atoms with Crippen LogP contribution in [0.1, 0.15) is 68.4 Å². The van der Waals surface area contributed by atoms with E-state index in [1.54, 1.807) is 24.3 Å². The summed E-state index contributed by atoms with van der Waals surface area (Å²) in [5.41, 5.74) is 1.82. The van der Waals surface area contributed by atoms with Gasteiger partial charge in [0.05, 0.1) is 6.04 Å². The van der Waals surface area contributed by atoms with Crippen molar-refractivity contribution >= 4 is 17.5 Å². The van der Waals surface area contributed by atoms with Crippen molar-refractivity contribution in [3.8, 4) is 0 Å². The third-order valence-electron chi connectivity index (χ3n) is 5.84. The highest BCUT2D eigenvalue weighted by molar-refractivity contribution is 6.30. The van der Waals surface area contributed by atoms with Gasteiger partial charge < -0.3 is 10.2 Å². The van der Waals surface area contributed by atoms with Gasteiger partial charge >= 0.3 is 0 Å². The summed E-state index contributed by atoms with van der Waals surface area (Å²) in [4.78, 5) is 15.0. The van der Waals surface area contributed by atoms with Crippen LogP contribution in [0, 0.1) is 11.8 Å². The highest BCUT2D eigenvalue weighted by atomic mass is 35.5. The zero-order valence-electron chi connectivity index (χ0n) is 18.9. The normalized spacial score (nSPS) is 15.9. The maximum Gasteiger partial charge on any atom is 0.251 e. The number of benzene rings is 2. The van der Waals surface area contributed by atoms with Crippen LogP contribution >= 0.6 is 11.6 Å². The number of carbonyl (C=O) groups is 1. The molecular formula is C26H37ClN2O. The van der Waals surface area contributed by atoms with E-state index in [1.807, 2.05) is 18.2 Å². The van der Waals surface area contributed by atoms with Gasteiger partial charge in [-0.25, -0.2) is 0 Å². The smallest absolute Gasteiger partial charge is 0.251 e. The average molecular weight is 429 g/mol. The van der Waals surface area contributed by atoms with Crippen molar-refractivity contribution in [2.45, 2.75) is 52.5 Å². The highest BCUT2D eigenvalue weighted by Gasteiger charge is 2.23. The Hall–Kier alpha value is -1.84. The monoisotopic (exact) mass is 428 g/mol. The molecule has 1 amide bonds. The summed E-state index contributed by atoms with van der Waals surface area (Å²) in [6, 6.07) is 17.4. The number of piperidine rings is 1. The molecule has 4 heteroatoms. The molecule has 1 saturated heterocycles. The zero-order valence-corrected chi connectivity index (χ0v) is 19.7. The zero-order chi connectivity index (χ0) is 21.9. The number of hydrogen-bond donors (Lipinski definition) is 1. The number of carbonyl (C=O) groups excluding carboxylic acids is 1. The summed E-state index contributed by atoms with van der Waals surface area (Å²) in [7, 11) is 2.17. The fraction of sp³-hybridized carbons (Fsp3) is 0.500. The fourth-order valence-electron chi connectivity index (χ4n) is 3.44. The Labute approximate surface area is 187 Å². The average Bonchev–Trinajstić information content (AvgIpc) is 2.76. The fourth-order valence-corrected chi connectivity index (χ4v) is 3.56. The van der Waals surface area contributed by atoms with E-state index in [1.165, 1.54) is 24.8 Å². The lowest BCUT2D eigenvalue weighted by molar-refractivity contribution is 0.0925. The third-order valence-corrected chi connectivity index (χ3v) is 6.09. The number of hydrogen-bond acceptors (Lipinski definition) is 2. The van der Waals surface area contributed by atoms with E-state index in [9.17, 15) is 4.79 Å². The molecule has 1 fully saturated rings. The molecule has 1 aliphatic rings. The molecule has 1 atom stereocenters. The first-order valence-corrected chi connectivity index (χ1v) is 11.6. The van der Waals surface area contributed by atoms with Crippen LogP contribution < -0.4 is 5.32 Å². The van der Waals surface area contributed by atoms with Crippen LogP contribution in [-0.2, 0) is 0 Å². The Morgan fingerprint density at radius 1 is 1.07 bits per heavy atom. The van der Waals surface area contributed by atoms with Crippen LogP contribution in [0.4, 0.5) is 0 Å². The van der Waals surface area contributed by atoms with Gasteiger partial charge in [0.25, 0.3) is 5.91 Å². The van der Waals surface area contributed by atoms with Crippen LogP contribution in [0.15, 0.2) is 54.6 Å². The summed E-state index contributed by atoms with van der Waals surface area (Å²) >= 11 is 5.92. The number of amides is 1. The molecule has 0 aromatic heterocycles. The van der Waals surface area contributed by atoms with Gasteiger partial charge in [-0.1, -0.05) is 69.1 Å². The van der Waals surface area contributed by atoms with Gasteiger partial charge in [-0.05, 0) is 81.1 Å². The van der Waals surface area contributed by atoms with E-state index in [-0.39, 0.29) is 11.9 Å². The second-order valence-corrected chi connectivity index (χ2v) is 9.16. The number of nitrogens with one attached hydrogen (secondary N) is 1. The molecule has 3 nitrogen and oxygen atoms in total. The maximum absolute atomic E-state index is 12.7. The summed E-state index contributed by atoms with van der Waals surface area (Å²) in [6.45, 7) is 8.92. The summed E-state index contributed by atoms with van der Waals surface area (Å²) in [5, 5.41) is 3.87. The van der Waals surface area contributed by atoms with E-state index in [0.717, 1.165) is 25.4 Å². The molecule has 2 aromatic rings. The lowest BCUT2D eigenvalue weighted by Gasteiger charge is -2.31. The number of rotatable bonds is 6. The third kappa shape index (κ3) is 8.49. The maximum atomic E-state index is 12.7. The van der Waals surface area contributed by atoms with Crippen molar-refractivity contribution in [2.75, 3.05) is 20.1 Å². The summed E-state index contributed by atoms with van der Waals surface area (Å²) in [6.07, 6.45) is 4.67. The van der Waals surface area contributed by atoms with Crippen molar-refractivity contribution in [1.29, 1.82) is 0 Å². The second kappa shape index (κ2) is 12.8. The first-order chi connectivity index (χ1) is 14.4. The SMILES string of the molecule is CCC(C)C.CN1CCC(CC(NC(=O)c2ccc(Cl)cc2)c2ccccc2)CC1. The first kappa shape index (κ1) is 24.4. The Balaban J connectivity index is 0.000000575. The molecule has 2 aromatic carbocycles. The van der Waals surface area contributed by atoms with E-state index < -0.39 is 0 Å². The predicted molar refractivity (Wildman–Crippen MR) is 128 cm³/mol. The summed E-state index contributed by atoms with van der Waals surface area (Å²) in [5.74, 6) is 1.49. The number of likely N-dealkylation sites (tertiary alicyclic amines) is 1. The molecule has 0 bridgehead atoms. The van der Waals surface area contributed by atoms with E-state index in [4.69, 9.17) is 11.6 Å². The van der Waals surface area contributed by atoms with Crippen molar-refractivity contribution in [3.63, 3.8) is 0 Å². The van der Waals surface area contributed by atoms with Crippen LogP contribution in [0.25, 0.3) is 0 Å². The predicted octanol–water partition coefficient (Wildman–Crippen LogP) is 6.60. The minimum Gasteiger partial charge on any atom is -0.345 e. The molecule has 0 aliphatic carbocycles. The first-order valence-electron chi connectivity index (χ1n) is 11.2. The minimum atomic E-state index is -0.0431. The van der Waals surface area contributed by atoms with Crippen molar-refractivity contribution in [3.05, 3.63) is 70.7 Å². The second-order valence-electron chi connectivity index (χ2n) is 8.73. The molecule has 0 spiro atoms. The standard InChI is InChI=1S/C21H25ClN2O.C5H12/c1-24-13-11-16(12-14-24)15-20(17-5-3-2-4-6-17)23-21(25)18-7-9-19(22)10-8-18;1-4-5(2)3/h2-10,16,20H,11-15H2,1H3,(H,23,25);5H,4H2,1-3H3. The van der Waals surface area contributed by atoms with Gasteiger partial charge in [0, 0.05) is 10.6 Å². The molecule has 1 N–H and O–H groups in total. The van der Waals surface area contributed by atoms with Gasteiger partial charge in [-0.3, -0.25) is 4.79 Å². The largest absolute Gasteiger partial charge is 0.345 e. The summed E-state index contributed by atoms with van der Waals surface area (Å²) < 4.78 is 0. The molecule has 3 rings (SSSR count). The quantitative estimate of drug-likeness (QED) is 0.562. The van der Waals surface area contributed by atoms with Crippen LogP contribution in [0.5, 0.6) is 0 Å². The Morgan fingerprint density at radius 2 is 1.63 bits per heavy atom. The molecule has 30 heavy (non-hydrogen) atoms. The van der Waals surface area contributed by atoms with Crippen LogP contribution in [0.3, 0.4) is 0 Å². The van der Waals surface area contributed by atoms with Gasteiger partial charge in [0.2, 0.25) is 0 Å². The Morgan fingerprint density at radius 3 is 2.17 bits per heavy atom. The topological polar surface area (TPSA) is 32.3 Å². The van der Waals surface area contributed by atoms with Gasteiger partial charge in [0.1, 0.15) is 0 Å². The Bertz CT molecular complexity index is 737. The minimum absolute atomic E-state index is 0.0396. The van der Waals surface area contributed by atoms with Crippen molar-refractivity contribution in [2.24, 2.45) is 11.8 Å². The van der Waals surface area contributed by atoms with E-state index in [0.29, 0.717) is 16.5 Å². The highest BCUT2D eigenvalue weighted by Crippen LogP contribution is 2.28. The van der Waals surface area contributed by atoms with Gasteiger partial charge in [-0.2, -0.15) is 0 Å².